The second kappa shape index (κ2) is 6.11. The van der Waals surface area contributed by atoms with Gasteiger partial charge in [-0.05, 0) is 49.9 Å². The third kappa shape index (κ3) is 2.58. The molecular formula is C20H22N2O2. The number of carboxylic acids is 1. The van der Waals surface area contributed by atoms with E-state index >= 15 is 0 Å². The Morgan fingerprint density at radius 2 is 1.46 bits per heavy atom. The first-order chi connectivity index (χ1) is 11.4. The molecule has 2 aromatic rings. The number of aryl methyl sites for hydroxylation is 4. The first-order valence-corrected chi connectivity index (χ1v) is 8.17. The van der Waals surface area contributed by atoms with Crippen LogP contribution in [-0.4, -0.2) is 29.5 Å². The zero-order valence-electron chi connectivity index (χ0n) is 14.6. The molecule has 0 atom stereocenters. The Hall–Kier alpha value is -2.62. The highest BCUT2D eigenvalue weighted by Gasteiger charge is 2.36. The summed E-state index contributed by atoms with van der Waals surface area (Å²) in [4.78, 5) is 13.9. The zero-order valence-corrected chi connectivity index (χ0v) is 14.6. The minimum Gasteiger partial charge on any atom is -0.538 e. The summed E-state index contributed by atoms with van der Waals surface area (Å²) >= 11 is 0. The number of hydrogen-bond acceptors (Lipinski definition) is 3. The van der Waals surface area contributed by atoms with E-state index in [9.17, 15) is 9.90 Å². The van der Waals surface area contributed by atoms with Crippen LogP contribution in [0.25, 0.3) is 0 Å². The van der Waals surface area contributed by atoms with Gasteiger partial charge in [-0.25, -0.2) is 9.48 Å². The van der Waals surface area contributed by atoms with Gasteiger partial charge in [0.05, 0.1) is 0 Å². The SMILES string of the molecule is Cc1cccc(C)c1N1CC[N+](c2c(C)cccc2C)=C1C(=O)[O-]. The van der Waals surface area contributed by atoms with Crippen LogP contribution in [0.15, 0.2) is 36.4 Å². The molecule has 0 bridgehead atoms. The average molecular weight is 322 g/mol. The molecule has 24 heavy (non-hydrogen) atoms. The molecule has 0 radical (unpaired) electrons. The Balaban J connectivity index is 2.23. The molecule has 0 amide bonds. The lowest BCUT2D eigenvalue weighted by Gasteiger charge is -2.18. The van der Waals surface area contributed by atoms with Crippen LogP contribution >= 0.6 is 0 Å². The van der Waals surface area contributed by atoms with Crippen LogP contribution < -0.4 is 10.0 Å². The molecule has 1 heterocycles. The predicted octanol–water partition coefficient (Wildman–Crippen LogP) is 2.23. The molecule has 2 aromatic carbocycles. The van der Waals surface area contributed by atoms with Gasteiger partial charge in [-0.3, -0.25) is 0 Å². The van der Waals surface area contributed by atoms with Gasteiger partial charge in [-0.15, -0.1) is 0 Å². The van der Waals surface area contributed by atoms with Crippen LogP contribution in [0.1, 0.15) is 22.3 Å². The number of amidine groups is 1. The summed E-state index contributed by atoms with van der Waals surface area (Å²) in [6.45, 7) is 9.30. The fourth-order valence-corrected chi connectivity index (χ4v) is 3.68. The van der Waals surface area contributed by atoms with Crippen LogP contribution in [0.3, 0.4) is 0 Å². The Kier molecular flexibility index (Phi) is 4.14. The van der Waals surface area contributed by atoms with E-state index < -0.39 is 5.97 Å². The summed E-state index contributed by atoms with van der Waals surface area (Å²) in [6, 6.07) is 12.0. The number of anilines is 1. The molecule has 0 fully saturated rings. The number of carbonyl (C=O) groups is 1. The molecule has 0 saturated carbocycles. The lowest BCUT2D eigenvalue weighted by molar-refractivity contribution is -0.433. The number of carboxylic acid groups (broad SMARTS) is 1. The molecule has 4 nitrogen and oxygen atoms in total. The molecule has 1 aliphatic heterocycles. The highest BCUT2D eigenvalue weighted by atomic mass is 16.4. The van der Waals surface area contributed by atoms with Crippen molar-refractivity contribution >= 4 is 23.2 Å². The quantitative estimate of drug-likeness (QED) is 0.814. The molecule has 0 aliphatic carbocycles. The lowest BCUT2D eigenvalue weighted by atomic mass is 10.1. The molecule has 0 aromatic heterocycles. The van der Waals surface area contributed by atoms with E-state index in [1.807, 2.05) is 73.6 Å². The van der Waals surface area contributed by atoms with Crippen molar-refractivity contribution in [2.24, 2.45) is 0 Å². The average Bonchev–Trinajstić information content (AvgIpc) is 2.91. The first-order valence-electron chi connectivity index (χ1n) is 8.17. The van der Waals surface area contributed by atoms with Gasteiger partial charge in [0.1, 0.15) is 24.5 Å². The minimum atomic E-state index is -1.14. The van der Waals surface area contributed by atoms with Gasteiger partial charge in [0.15, 0.2) is 5.97 Å². The third-order valence-corrected chi connectivity index (χ3v) is 4.66. The second-order valence-corrected chi connectivity index (χ2v) is 6.40. The second-order valence-electron chi connectivity index (χ2n) is 6.40. The van der Waals surface area contributed by atoms with Crippen LogP contribution in [0.4, 0.5) is 11.4 Å². The maximum atomic E-state index is 12.0. The molecule has 0 saturated heterocycles. The first kappa shape index (κ1) is 16.2. The number of nitrogens with zero attached hydrogens (tertiary/aromatic N) is 2. The van der Waals surface area contributed by atoms with Gasteiger partial charge in [0.2, 0.25) is 0 Å². The molecule has 3 rings (SSSR count). The van der Waals surface area contributed by atoms with Crippen LogP contribution in [0, 0.1) is 27.7 Å². The monoisotopic (exact) mass is 322 g/mol. The molecule has 0 N–H and O–H groups in total. The highest BCUT2D eigenvalue weighted by Crippen LogP contribution is 2.30. The van der Waals surface area contributed by atoms with E-state index in [1.165, 1.54) is 0 Å². The molecule has 1 aliphatic rings. The number of hydrogen-bond donors (Lipinski definition) is 0. The molecular weight excluding hydrogens is 300 g/mol. The fraction of sp³-hybridized carbons (Fsp3) is 0.300. The van der Waals surface area contributed by atoms with Crippen molar-refractivity contribution in [1.82, 2.24) is 0 Å². The van der Waals surface area contributed by atoms with Crippen LogP contribution in [0.5, 0.6) is 0 Å². The summed E-state index contributed by atoms with van der Waals surface area (Å²) < 4.78 is 1.88. The molecule has 0 unspecified atom stereocenters. The number of carbonyl (C=O) groups excluding carboxylic acids is 1. The van der Waals surface area contributed by atoms with Gasteiger partial charge in [-0.2, -0.15) is 0 Å². The van der Waals surface area contributed by atoms with E-state index in [-0.39, 0.29) is 5.84 Å². The van der Waals surface area contributed by atoms with E-state index in [4.69, 9.17) is 0 Å². The van der Waals surface area contributed by atoms with E-state index in [0.29, 0.717) is 13.1 Å². The summed E-state index contributed by atoms with van der Waals surface area (Å²) in [5.41, 5.74) is 6.19. The van der Waals surface area contributed by atoms with Crippen LogP contribution in [-0.2, 0) is 4.79 Å². The zero-order chi connectivity index (χ0) is 17.4. The summed E-state index contributed by atoms with van der Waals surface area (Å²) in [7, 11) is 0. The Morgan fingerprint density at radius 1 is 0.958 bits per heavy atom. The van der Waals surface area contributed by atoms with Gasteiger partial charge in [0, 0.05) is 0 Å². The largest absolute Gasteiger partial charge is 0.538 e. The molecule has 0 spiro atoms. The van der Waals surface area contributed by atoms with Crippen molar-refractivity contribution in [3.05, 3.63) is 58.7 Å². The van der Waals surface area contributed by atoms with Crippen molar-refractivity contribution in [1.29, 1.82) is 0 Å². The fourth-order valence-electron chi connectivity index (χ4n) is 3.68. The number of rotatable bonds is 3. The van der Waals surface area contributed by atoms with E-state index in [0.717, 1.165) is 33.6 Å². The van der Waals surface area contributed by atoms with Crippen molar-refractivity contribution < 1.29 is 14.5 Å². The van der Waals surface area contributed by atoms with Crippen LogP contribution in [0.2, 0.25) is 0 Å². The predicted molar refractivity (Wildman–Crippen MR) is 94.0 cm³/mol. The molecule has 124 valence electrons. The summed E-state index contributed by atoms with van der Waals surface area (Å²) in [6.07, 6.45) is 0. The lowest BCUT2D eigenvalue weighted by Crippen LogP contribution is -2.44. The van der Waals surface area contributed by atoms with Gasteiger partial charge in [0.25, 0.3) is 0 Å². The number of para-hydroxylation sites is 2. The van der Waals surface area contributed by atoms with Crippen molar-refractivity contribution in [2.45, 2.75) is 27.7 Å². The third-order valence-electron chi connectivity index (χ3n) is 4.66. The minimum absolute atomic E-state index is 0.227. The summed E-state index contributed by atoms with van der Waals surface area (Å²) in [5.74, 6) is -0.914. The maximum Gasteiger partial charge on any atom is 0.305 e. The van der Waals surface area contributed by atoms with E-state index in [1.54, 1.807) is 0 Å². The Bertz CT molecular complexity index is 812. The number of aliphatic carboxylic acids is 1. The van der Waals surface area contributed by atoms with Gasteiger partial charge in [-0.1, -0.05) is 36.4 Å². The van der Waals surface area contributed by atoms with Gasteiger partial charge < -0.3 is 9.90 Å². The van der Waals surface area contributed by atoms with Gasteiger partial charge >= 0.3 is 5.84 Å². The van der Waals surface area contributed by atoms with Crippen molar-refractivity contribution in [3.63, 3.8) is 0 Å². The topological polar surface area (TPSA) is 46.4 Å². The van der Waals surface area contributed by atoms with E-state index in [2.05, 4.69) is 0 Å². The summed E-state index contributed by atoms with van der Waals surface area (Å²) in [5, 5.41) is 12.0. The molecule has 4 heteroatoms. The smallest absolute Gasteiger partial charge is 0.305 e. The number of benzene rings is 2. The van der Waals surface area contributed by atoms with Crippen molar-refractivity contribution in [3.8, 4) is 0 Å². The highest BCUT2D eigenvalue weighted by molar-refractivity contribution is 6.37. The Morgan fingerprint density at radius 3 is 1.96 bits per heavy atom. The normalized spacial score (nSPS) is 14.4. The standard InChI is InChI=1S/C20H22N2O2/c1-13-7-5-8-14(2)17(13)21-11-12-22(19(21)20(23)24)18-15(3)9-6-10-16(18)4/h5-10H,11-12H2,1-4H3. The van der Waals surface area contributed by atoms with Crippen molar-refractivity contribution in [2.75, 3.05) is 18.0 Å². The maximum absolute atomic E-state index is 12.0. The Labute approximate surface area is 142 Å².